The van der Waals surface area contributed by atoms with E-state index in [0.29, 0.717) is 6.61 Å². The maximum absolute atomic E-state index is 6.06. The van der Waals surface area contributed by atoms with E-state index in [-0.39, 0.29) is 6.04 Å². The number of hydrogen-bond acceptors (Lipinski definition) is 4. The Morgan fingerprint density at radius 1 is 1.41 bits per heavy atom. The molecule has 1 heterocycles. The van der Waals surface area contributed by atoms with E-state index in [4.69, 9.17) is 10.5 Å². The van der Waals surface area contributed by atoms with Crippen molar-refractivity contribution in [3.05, 3.63) is 60.7 Å². The first-order valence-corrected chi connectivity index (χ1v) is 8.52. The van der Waals surface area contributed by atoms with Crippen LogP contribution in [0.1, 0.15) is 27.7 Å². The van der Waals surface area contributed by atoms with Crippen molar-refractivity contribution in [3.8, 4) is 0 Å². The van der Waals surface area contributed by atoms with Gasteiger partial charge in [0.1, 0.15) is 12.4 Å². The van der Waals surface area contributed by atoms with E-state index in [2.05, 4.69) is 11.6 Å². The van der Waals surface area contributed by atoms with Crippen LogP contribution in [0.2, 0.25) is 0 Å². The smallest absolute Gasteiger partial charge is 0.115 e. The molecule has 2 N–H and O–H groups in total. The number of aromatic nitrogens is 1. The van der Waals surface area contributed by atoms with Gasteiger partial charge < -0.3 is 10.5 Å². The standard InChI is InChI=1S/C16H22N2OS.C2H6/c1-4-13(3)10-15(5-2)19-11-14(17)12-20-16-6-8-18-9-7-16;1-2/h4-10,14H,1,11-12,17H2,2-3H3;1-2H3/b13-10-,15-5+;. The highest BCUT2D eigenvalue weighted by molar-refractivity contribution is 7.99. The number of hydrogen-bond donors (Lipinski definition) is 1. The Morgan fingerprint density at radius 3 is 2.59 bits per heavy atom. The van der Waals surface area contributed by atoms with E-state index in [1.165, 1.54) is 4.90 Å². The second-order valence-electron chi connectivity index (χ2n) is 4.35. The van der Waals surface area contributed by atoms with Crippen LogP contribution >= 0.6 is 11.8 Å². The second-order valence-corrected chi connectivity index (χ2v) is 5.44. The van der Waals surface area contributed by atoms with Gasteiger partial charge in [-0.1, -0.05) is 26.5 Å². The predicted octanol–water partition coefficient (Wildman–Crippen LogP) is 4.58. The van der Waals surface area contributed by atoms with Gasteiger partial charge in [0.05, 0.1) is 0 Å². The minimum absolute atomic E-state index is 0.0134. The van der Waals surface area contributed by atoms with Crippen LogP contribution in [0, 0.1) is 0 Å². The van der Waals surface area contributed by atoms with E-state index < -0.39 is 0 Å². The van der Waals surface area contributed by atoms with Gasteiger partial charge in [0.15, 0.2) is 0 Å². The average Bonchev–Trinajstić information content (AvgIpc) is 2.59. The quantitative estimate of drug-likeness (QED) is 0.433. The summed E-state index contributed by atoms with van der Waals surface area (Å²) >= 11 is 1.71. The molecular weight excluding hydrogens is 292 g/mol. The van der Waals surface area contributed by atoms with E-state index in [1.807, 2.05) is 52.0 Å². The van der Waals surface area contributed by atoms with Gasteiger partial charge in [-0.2, -0.15) is 0 Å². The van der Waals surface area contributed by atoms with Crippen molar-refractivity contribution in [1.82, 2.24) is 4.98 Å². The lowest BCUT2D eigenvalue weighted by Crippen LogP contribution is -2.28. The van der Waals surface area contributed by atoms with Crippen LogP contribution in [0.15, 0.2) is 65.6 Å². The zero-order valence-corrected chi connectivity index (χ0v) is 14.9. The zero-order valence-electron chi connectivity index (χ0n) is 14.1. The molecule has 0 spiro atoms. The maximum Gasteiger partial charge on any atom is 0.115 e. The van der Waals surface area contributed by atoms with Crippen molar-refractivity contribution in [2.75, 3.05) is 12.4 Å². The van der Waals surface area contributed by atoms with Crippen molar-refractivity contribution >= 4 is 11.8 Å². The lowest BCUT2D eigenvalue weighted by atomic mass is 10.2. The zero-order chi connectivity index (χ0) is 16.8. The molecule has 0 aliphatic heterocycles. The molecule has 0 fully saturated rings. The van der Waals surface area contributed by atoms with Gasteiger partial charge in [-0.25, -0.2) is 0 Å². The lowest BCUT2D eigenvalue weighted by molar-refractivity contribution is 0.210. The SMILES string of the molecule is C=C/C(C)=C\C(=C/C)OCC(N)CSc1ccncc1.CC. The van der Waals surface area contributed by atoms with Crippen LogP contribution in [-0.2, 0) is 4.74 Å². The minimum atomic E-state index is -0.0134. The van der Waals surface area contributed by atoms with Gasteiger partial charge in [-0.05, 0) is 43.7 Å². The third-order valence-corrected chi connectivity index (χ3v) is 3.75. The van der Waals surface area contributed by atoms with E-state index in [1.54, 1.807) is 30.2 Å². The van der Waals surface area contributed by atoms with Crippen molar-refractivity contribution in [2.24, 2.45) is 5.73 Å². The molecule has 22 heavy (non-hydrogen) atoms. The summed E-state index contributed by atoms with van der Waals surface area (Å²) in [7, 11) is 0. The predicted molar refractivity (Wildman–Crippen MR) is 97.9 cm³/mol. The molecule has 4 heteroatoms. The highest BCUT2D eigenvalue weighted by Crippen LogP contribution is 2.17. The molecule has 3 nitrogen and oxygen atoms in total. The number of nitrogens with zero attached hydrogens (tertiary/aromatic N) is 1. The van der Waals surface area contributed by atoms with Crippen molar-refractivity contribution in [3.63, 3.8) is 0 Å². The van der Waals surface area contributed by atoms with Gasteiger partial charge in [-0.15, -0.1) is 11.8 Å². The number of ether oxygens (including phenoxy) is 1. The number of thioether (sulfide) groups is 1. The van der Waals surface area contributed by atoms with Crippen molar-refractivity contribution in [2.45, 2.75) is 38.6 Å². The molecule has 0 bridgehead atoms. The maximum atomic E-state index is 6.06. The Balaban J connectivity index is 0.00000211. The minimum Gasteiger partial charge on any atom is -0.492 e. The summed E-state index contributed by atoms with van der Waals surface area (Å²) in [5.41, 5.74) is 7.13. The molecule has 1 atom stereocenters. The van der Waals surface area contributed by atoms with Crippen molar-refractivity contribution < 1.29 is 4.74 Å². The Bertz CT molecular complexity index is 469. The Hall–Kier alpha value is -1.52. The van der Waals surface area contributed by atoms with Crippen molar-refractivity contribution in [1.29, 1.82) is 0 Å². The topological polar surface area (TPSA) is 48.1 Å². The summed E-state index contributed by atoms with van der Waals surface area (Å²) in [5.74, 6) is 1.64. The molecule has 1 unspecified atom stereocenters. The largest absolute Gasteiger partial charge is 0.492 e. The molecule has 0 aliphatic carbocycles. The third-order valence-electron chi connectivity index (χ3n) is 2.55. The molecule has 0 saturated carbocycles. The first kappa shape index (κ1) is 20.5. The molecule has 1 rings (SSSR count). The molecule has 0 aliphatic rings. The lowest BCUT2D eigenvalue weighted by Gasteiger charge is -2.13. The summed E-state index contributed by atoms with van der Waals surface area (Å²) in [6.07, 6.45) is 9.24. The van der Waals surface area contributed by atoms with Gasteiger partial charge in [0, 0.05) is 29.1 Å². The summed E-state index contributed by atoms with van der Waals surface area (Å²) in [6.45, 7) is 12.1. The fourth-order valence-electron chi connectivity index (χ4n) is 1.38. The molecule has 0 saturated heterocycles. The number of nitrogens with two attached hydrogens (primary N) is 1. The highest BCUT2D eigenvalue weighted by atomic mass is 32.2. The first-order chi connectivity index (χ1) is 10.7. The summed E-state index contributed by atoms with van der Waals surface area (Å²) in [4.78, 5) is 5.16. The molecular formula is C18H28N2OS. The van der Waals surface area contributed by atoms with Crippen LogP contribution in [0.4, 0.5) is 0 Å². The van der Waals surface area contributed by atoms with Crippen LogP contribution in [-0.4, -0.2) is 23.4 Å². The average molecular weight is 321 g/mol. The van der Waals surface area contributed by atoms with E-state index in [9.17, 15) is 0 Å². The van der Waals surface area contributed by atoms with Gasteiger partial charge in [-0.3, -0.25) is 4.98 Å². The summed E-state index contributed by atoms with van der Waals surface area (Å²) in [6, 6.07) is 3.94. The fourth-order valence-corrected chi connectivity index (χ4v) is 2.20. The summed E-state index contributed by atoms with van der Waals surface area (Å²) < 4.78 is 5.70. The Labute approximate surface area is 139 Å². The first-order valence-electron chi connectivity index (χ1n) is 7.54. The van der Waals surface area contributed by atoms with Gasteiger partial charge in [0.25, 0.3) is 0 Å². The highest BCUT2D eigenvalue weighted by Gasteiger charge is 2.05. The number of allylic oxidation sites excluding steroid dienone is 4. The van der Waals surface area contributed by atoms with Crippen LogP contribution in [0.25, 0.3) is 0 Å². The van der Waals surface area contributed by atoms with Gasteiger partial charge >= 0.3 is 0 Å². The van der Waals surface area contributed by atoms with E-state index >= 15 is 0 Å². The van der Waals surface area contributed by atoms with E-state index in [0.717, 1.165) is 17.1 Å². The molecule has 122 valence electrons. The molecule has 0 radical (unpaired) electrons. The summed E-state index contributed by atoms with van der Waals surface area (Å²) in [5, 5.41) is 0. The van der Waals surface area contributed by atoms with Crippen LogP contribution in [0.5, 0.6) is 0 Å². The second kappa shape index (κ2) is 13.2. The van der Waals surface area contributed by atoms with Crippen LogP contribution in [0.3, 0.4) is 0 Å². The third kappa shape index (κ3) is 9.42. The molecule has 0 aromatic carbocycles. The fraction of sp³-hybridized carbons (Fsp3) is 0.389. The number of rotatable bonds is 8. The molecule has 0 amide bonds. The Kier molecular flexibility index (Phi) is 12.3. The number of pyridine rings is 1. The molecule has 1 aromatic rings. The normalized spacial score (nSPS) is 13.0. The van der Waals surface area contributed by atoms with Crippen LogP contribution < -0.4 is 5.73 Å². The van der Waals surface area contributed by atoms with Gasteiger partial charge in [0.2, 0.25) is 0 Å². The molecule has 1 aromatic heterocycles. The monoisotopic (exact) mass is 320 g/mol. The Morgan fingerprint density at radius 2 is 2.05 bits per heavy atom.